The Morgan fingerprint density at radius 3 is 2.84 bits per heavy atom. The third kappa shape index (κ3) is 3.47. The zero-order valence-corrected chi connectivity index (χ0v) is 11.9. The molecule has 0 spiro atoms. The molecule has 4 nitrogen and oxygen atoms in total. The highest BCUT2D eigenvalue weighted by molar-refractivity contribution is 5.96. The largest absolute Gasteiger partial charge is 0.399 e. The Morgan fingerprint density at radius 1 is 1.53 bits per heavy atom. The lowest BCUT2D eigenvalue weighted by Gasteiger charge is -2.24. The fourth-order valence-electron chi connectivity index (χ4n) is 2.21. The normalized spacial score (nSPS) is 16.4. The molecular formula is C15H23N3O. The molecule has 1 aromatic carbocycles. The molecule has 0 radical (unpaired) electrons. The molecule has 1 aromatic rings. The summed E-state index contributed by atoms with van der Waals surface area (Å²) in [5.74, 6) is -0.0409. The Morgan fingerprint density at radius 2 is 2.21 bits per heavy atom. The minimum absolute atomic E-state index is 0.0409. The van der Waals surface area contributed by atoms with Crippen LogP contribution >= 0.6 is 0 Å². The van der Waals surface area contributed by atoms with Gasteiger partial charge in [-0.05, 0) is 51.4 Å². The number of nitrogens with one attached hydrogen (secondary N) is 1. The first-order valence-corrected chi connectivity index (χ1v) is 6.85. The number of hydrogen-bond donors (Lipinski definition) is 2. The van der Waals surface area contributed by atoms with Gasteiger partial charge in [0.2, 0.25) is 0 Å². The van der Waals surface area contributed by atoms with Gasteiger partial charge in [-0.25, -0.2) is 0 Å². The number of carbonyl (C=O) groups is 1. The Labute approximate surface area is 115 Å². The lowest BCUT2D eigenvalue weighted by molar-refractivity contribution is 0.0939. The molecule has 0 heterocycles. The Balaban J connectivity index is 1.91. The minimum Gasteiger partial charge on any atom is -0.399 e. The summed E-state index contributed by atoms with van der Waals surface area (Å²) in [4.78, 5) is 14.5. The van der Waals surface area contributed by atoms with Crippen molar-refractivity contribution >= 4 is 11.6 Å². The van der Waals surface area contributed by atoms with Gasteiger partial charge in [0.25, 0.3) is 5.91 Å². The number of aryl methyl sites for hydroxylation is 1. The average molecular weight is 261 g/mol. The van der Waals surface area contributed by atoms with Gasteiger partial charge < -0.3 is 11.1 Å². The highest BCUT2D eigenvalue weighted by atomic mass is 16.1. The van der Waals surface area contributed by atoms with E-state index in [9.17, 15) is 4.79 Å². The van der Waals surface area contributed by atoms with Crippen molar-refractivity contribution < 1.29 is 4.79 Å². The van der Waals surface area contributed by atoms with E-state index >= 15 is 0 Å². The van der Waals surface area contributed by atoms with Crippen molar-refractivity contribution in [1.82, 2.24) is 10.2 Å². The maximum atomic E-state index is 12.1. The van der Waals surface area contributed by atoms with Gasteiger partial charge in [-0.2, -0.15) is 0 Å². The van der Waals surface area contributed by atoms with Crippen molar-refractivity contribution in [1.29, 1.82) is 0 Å². The van der Waals surface area contributed by atoms with E-state index in [2.05, 4.69) is 24.2 Å². The number of likely N-dealkylation sites (N-methyl/N-ethyl adjacent to an activating group) is 1. The molecule has 0 aromatic heterocycles. The second-order valence-electron chi connectivity index (χ2n) is 5.53. The first-order valence-electron chi connectivity index (χ1n) is 6.85. The predicted octanol–water partition coefficient (Wildman–Crippen LogP) is 1.79. The van der Waals surface area contributed by atoms with E-state index in [1.165, 1.54) is 12.8 Å². The van der Waals surface area contributed by atoms with Crippen LogP contribution in [0.2, 0.25) is 0 Å². The van der Waals surface area contributed by atoms with Gasteiger partial charge in [0.15, 0.2) is 0 Å². The fraction of sp³-hybridized carbons (Fsp3) is 0.533. The zero-order chi connectivity index (χ0) is 14.0. The zero-order valence-electron chi connectivity index (χ0n) is 11.9. The molecule has 1 atom stereocenters. The first-order chi connectivity index (χ1) is 8.99. The molecule has 0 saturated heterocycles. The number of amides is 1. The maximum Gasteiger partial charge on any atom is 0.251 e. The Hall–Kier alpha value is -1.55. The number of rotatable bonds is 5. The molecule has 0 aliphatic heterocycles. The number of nitrogens with zero attached hydrogens (tertiary/aromatic N) is 1. The molecule has 1 unspecified atom stereocenters. The van der Waals surface area contributed by atoms with Crippen LogP contribution in [0, 0.1) is 6.92 Å². The van der Waals surface area contributed by atoms with E-state index in [-0.39, 0.29) is 5.91 Å². The van der Waals surface area contributed by atoms with Crippen LogP contribution in [-0.2, 0) is 0 Å². The monoisotopic (exact) mass is 261 g/mol. The number of nitrogens with two attached hydrogens (primary N) is 1. The van der Waals surface area contributed by atoms with E-state index in [4.69, 9.17) is 5.73 Å². The quantitative estimate of drug-likeness (QED) is 0.794. The van der Waals surface area contributed by atoms with Crippen LogP contribution < -0.4 is 11.1 Å². The van der Waals surface area contributed by atoms with Crippen LogP contribution in [0.15, 0.2) is 18.2 Å². The van der Waals surface area contributed by atoms with Gasteiger partial charge in [-0.1, -0.05) is 6.07 Å². The Bertz CT molecular complexity index is 468. The van der Waals surface area contributed by atoms with Crippen molar-refractivity contribution in [3.05, 3.63) is 29.3 Å². The van der Waals surface area contributed by atoms with Gasteiger partial charge in [0, 0.05) is 29.9 Å². The van der Waals surface area contributed by atoms with Crippen LogP contribution in [0.25, 0.3) is 0 Å². The van der Waals surface area contributed by atoms with Crippen LogP contribution in [-0.4, -0.2) is 36.5 Å². The molecule has 1 fully saturated rings. The molecular weight excluding hydrogens is 238 g/mol. The topological polar surface area (TPSA) is 58.4 Å². The maximum absolute atomic E-state index is 12.1. The van der Waals surface area contributed by atoms with Crippen molar-refractivity contribution in [3.8, 4) is 0 Å². The molecule has 4 heteroatoms. The van der Waals surface area contributed by atoms with E-state index < -0.39 is 0 Å². The fourth-order valence-corrected chi connectivity index (χ4v) is 2.21. The minimum atomic E-state index is -0.0409. The smallest absolute Gasteiger partial charge is 0.251 e. The molecule has 3 N–H and O–H groups in total. The van der Waals surface area contributed by atoms with E-state index in [1.807, 2.05) is 19.1 Å². The summed E-state index contributed by atoms with van der Waals surface area (Å²) < 4.78 is 0. The number of nitrogen functional groups attached to an aromatic ring is 1. The molecule has 104 valence electrons. The summed E-state index contributed by atoms with van der Waals surface area (Å²) in [6.07, 6.45) is 2.56. The third-order valence-corrected chi connectivity index (χ3v) is 3.88. The second-order valence-corrected chi connectivity index (χ2v) is 5.53. The van der Waals surface area contributed by atoms with Crippen molar-refractivity contribution in [3.63, 3.8) is 0 Å². The number of hydrogen-bond acceptors (Lipinski definition) is 3. The van der Waals surface area contributed by atoms with Gasteiger partial charge >= 0.3 is 0 Å². The summed E-state index contributed by atoms with van der Waals surface area (Å²) in [6.45, 7) is 4.74. The van der Waals surface area contributed by atoms with E-state index in [0.29, 0.717) is 29.9 Å². The standard InChI is InChI=1S/C15H23N3O/c1-10-4-5-12(16)8-14(10)15(19)17-9-11(2)18(3)13-6-7-13/h4-5,8,11,13H,6-7,9,16H2,1-3H3,(H,17,19). The van der Waals surface area contributed by atoms with Crippen molar-refractivity contribution in [2.75, 3.05) is 19.3 Å². The van der Waals surface area contributed by atoms with E-state index in [0.717, 1.165) is 5.56 Å². The first kappa shape index (κ1) is 13.9. The summed E-state index contributed by atoms with van der Waals surface area (Å²) in [6, 6.07) is 6.50. The summed E-state index contributed by atoms with van der Waals surface area (Å²) in [5, 5.41) is 2.99. The van der Waals surface area contributed by atoms with Crippen LogP contribution in [0.1, 0.15) is 35.7 Å². The SMILES string of the molecule is Cc1ccc(N)cc1C(=O)NCC(C)N(C)C1CC1. The highest BCUT2D eigenvalue weighted by Gasteiger charge is 2.29. The highest BCUT2D eigenvalue weighted by Crippen LogP contribution is 2.26. The number of benzene rings is 1. The third-order valence-electron chi connectivity index (χ3n) is 3.88. The average Bonchev–Trinajstić information content (AvgIpc) is 3.21. The Kier molecular flexibility index (Phi) is 4.10. The lowest BCUT2D eigenvalue weighted by Crippen LogP contribution is -2.41. The van der Waals surface area contributed by atoms with Gasteiger partial charge in [-0.3, -0.25) is 9.69 Å². The molecule has 1 amide bonds. The second kappa shape index (κ2) is 5.61. The molecule has 0 bridgehead atoms. The number of carbonyl (C=O) groups excluding carboxylic acids is 1. The summed E-state index contributed by atoms with van der Waals surface area (Å²) >= 11 is 0. The summed E-state index contributed by atoms with van der Waals surface area (Å²) in [5.41, 5.74) is 7.97. The van der Waals surface area contributed by atoms with Gasteiger partial charge in [-0.15, -0.1) is 0 Å². The van der Waals surface area contributed by atoms with Crippen LogP contribution in [0.3, 0.4) is 0 Å². The lowest BCUT2D eigenvalue weighted by atomic mass is 10.1. The molecule has 19 heavy (non-hydrogen) atoms. The summed E-state index contributed by atoms with van der Waals surface area (Å²) in [7, 11) is 2.13. The predicted molar refractivity (Wildman–Crippen MR) is 78.2 cm³/mol. The van der Waals surface area contributed by atoms with E-state index in [1.54, 1.807) is 6.07 Å². The van der Waals surface area contributed by atoms with Crippen molar-refractivity contribution in [2.24, 2.45) is 0 Å². The van der Waals surface area contributed by atoms with Crippen LogP contribution in [0.5, 0.6) is 0 Å². The molecule has 2 rings (SSSR count). The van der Waals surface area contributed by atoms with Crippen LogP contribution in [0.4, 0.5) is 5.69 Å². The van der Waals surface area contributed by atoms with Crippen molar-refractivity contribution in [2.45, 2.75) is 38.8 Å². The number of anilines is 1. The molecule has 1 aliphatic rings. The van der Waals surface area contributed by atoms with Gasteiger partial charge in [0.05, 0.1) is 0 Å². The van der Waals surface area contributed by atoms with Gasteiger partial charge in [0.1, 0.15) is 0 Å². The molecule has 1 aliphatic carbocycles. The molecule has 1 saturated carbocycles.